The molecule has 3 aromatic heterocycles. The Morgan fingerprint density at radius 3 is 2.75 bits per heavy atom. The van der Waals surface area contributed by atoms with Gasteiger partial charge in [-0.05, 0) is 30.0 Å². The lowest BCUT2D eigenvalue weighted by atomic mass is 9.83. The third-order valence-electron chi connectivity index (χ3n) is 6.67. The Hall–Kier alpha value is -3.74. The number of pyridine rings is 2. The summed E-state index contributed by atoms with van der Waals surface area (Å²) in [7, 11) is 0. The summed E-state index contributed by atoms with van der Waals surface area (Å²) in [6.07, 6.45) is 4.46. The molecule has 32 heavy (non-hydrogen) atoms. The number of nitrogens with zero attached hydrogens (tertiary/aromatic N) is 5. The molecule has 2 bridgehead atoms. The average molecular weight is 425 g/mol. The van der Waals surface area contributed by atoms with Crippen LogP contribution in [0.1, 0.15) is 34.0 Å². The Labute approximate surface area is 185 Å². The van der Waals surface area contributed by atoms with Crippen molar-refractivity contribution in [1.29, 1.82) is 0 Å². The molecule has 4 aromatic rings. The molecular formula is C25H23N5O2. The molecule has 0 N–H and O–H groups in total. The summed E-state index contributed by atoms with van der Waals surface area (Å²) >= 11 is 0. The Kier molecular flexibility index (Phi) is 4.41. The molecule has 5 heterocycles. The van der Waals surface area contributed by atoms with E-state index < -0.39 is 0 Å². The Morgan fingerprint density at radius 1 is 1.00 bits per heavy atom. The Bertz CT molecular complexity index is 1370. The minimum Gasteiger partial charge on any atom is -0.338 e. The molecule has 6 rings (SSSR count). The molecule has 0 spiro atoms. The number of rotatable bonds is 3. The lowest BCUT2D eigenvalue weighted by Gasteiger charge is -2.42. The van der Waals surface area contributed by atoms with Gasteiger partial charge in [-0.15, -0.1) is 0 Å². The van der Waals surface area contributed by atoms with Crippen molar-refractivity contribution < 1.29 is 4.79 Å². The van der Waals surface area contributed by atoms with Crippen LogP contribution >= 0.6 is 0 Å². The van der Waals surface area contributed by atoms with Crippen LogP contribution in [0, 0.1) is 5.92 Å². The zero-order valence-corrected chi connectivity index (χ0v) is 17.6. The molecular weight excluding hydrogens is 402 g/mol. The van der Waals surface area contributed by atoms with Crippen molar-refractivity contribution in [3.05, 3.63) is 94.3 Å². The van der Waals surface area contributed by atoms with Gasteiger partial charge in [0, 0.05) is 43.5 Å². The molecule has 1 amide bonds. The summed E-state index contributed by atoms with van der Waals surface area (Å²) in [6, 6.07) is 17.5. The van der Waals surface area contributed by atoms with E-state index in [1.165, 1.54) is 5.56 Å². The van der Waals surface area contributed by atoms with E-state index in [-0.39, 0.29) is 17.4 Å². The van der Waals surface area contributed by atoms with Crippen molar-refractivity contribution >= 4 is 17.1 Å². The lowest BCUT2D eigenvalue weighted by molar-refractivity contribution is 0.0594. The largest absolute Gasteiger partial charge is 0.338 e. The van der Waals surface area contributed by atoms with E-state index in [1.807, 2.05) is 50.4 Å². The number of benzene rings is 1. The molecule has 2 aliphatic heterocycles. The van der Waals surface area contributed by atoms with Gasteiger partial charge in [-0.1, -0.05) is 36.4 Å². The second kappa shape index (κ2) is 7.44. The van der Waals surface area contributed by atoms with Crippen LogP contribution < -0.4 is 5.56 Å². The van der Waals surface area contributed by atoms with Crippen LogP contribution in [-0.4, -0.2) is 43.0 Å². The number of imidazole rings is 1. The first kappa shape index (κ1) is 19.0. The van der Waals surface area contributed by atoms with Crippen molar-refractivity contribution in [2.24, 2.45) is 5.92 Å². The topological polar surface area (TPSA) is 73.0 Å². The van der Waals surface area contributed by atoms with Crippen LogP contribution in [0.5, 0.6) is 0 Å². The Morgan fingerprint density at radius 2 is 1.88 bits per heavy atom. The second-order valence-corrected chi connectivity index (χ2v) is 8.83. The molecule has 7 heteroatoms. The van der Waals surface area contributed by atoms with Crippen LogP contribution in [0.2, 0.25) is 0 Å². The number of hydrogen-bond donors (Lipinski definition) is 0. The van der Waals surface area contributed by atoms with Crippen LogP contribution in [-0.2, 0) is 13.1 Å². The molecule has 2 aliphatic rings. The summed E-state index contributed by atoms with van der Waals surface area (Å²) in [5.74, 6) is 0.479. The van der Waals surface area contributed by atoms with Crippen LogP contribution in [0.4, 0.5) is 0 Å². The molecule has 0 radical (unpaired) electrons. The van der Waals surface area contributed by atoms with Crippen molar-refractivity contribution in [3.63, 3.8) is 0 Å². The summed E-state index contributed by atoms with van der Waals surface area (Å²) in [5.41, 5.74) is 4.33. The van der Waals surface area contributed by atoms with Crippen molar-refractivity contribution in [2.75, 3.05) is 13.1 Å². The maximum absolute atomic E-state index is 13.3. The van der Waals surface area contributed by atoms with Gasteiger partial charge in [-0.2, -0.15) is 0 Å². The normalized spacial score (nSPS) is 19.7. The van der Waals surface area contributed by atoms with Crippen LogP contribution in [0.15, 0.2) is 71.9 Å². The quantitative estimate of drug-likeness (QED) is 0.506. The standard InChI is InChI=1S/C25H23N5O2/c31-23-8-4-7-22-20-9-18(14-30(22)23)13-28(15-20)25(32)19-10-21-24(26-11-19)29(16-27-21)12-17-5-2-1-3-6-17/h1-8,10-11,16,18,20H,9,12-15H2/t18-,20+/m0/s1. The molecule has 1 fully saturated rings. The maximum Gasteiger partial charge on any atom is 0.255 e. The van der Waals surface area contributed by atoms with E-state index in [2.05, 4.69) is 22.1 Å². The van der Waals surface area contributed by atoms with Gasteiger partial charge in [0.15, 0.2) is 5.65 Å². The van der Waals surface area contributed by atoms with E-state index >= 15 is 0 Å². The fourth-order valence-corrected chi connectivity index (χ4v) is 5.21. The SMILES string of the molecule is O=C(c1cnc2c(c1)ncn2Cc1ccccc1)N1C[C@@H]2C[C@H](C1)c1cccc(=O)n1C2. The first-order valence-corrected chi connectivity index (χ1v) is 11.0. The number of fused-ring (bicyclic) bond motifs is 5. The van der Waals surface area contributed by atoms with Crippen LogP contribution in [0.3, 0.4) is 0 Å². The smallest absolute Gasteiger partial charge is 0.255 e. The van der Waals surface area contributed by atoms with Crippen LogP contribution in [0.25, 0.3) is 11.2 Å². The highest BCUT2D eigenvalue weighted by Crippen LogP contribution is 2.35. The second-order valence-electron chi connectivity index (χ2n) is 8.83. The highest BCUT2D eigenvalue weighted by atomic mass is 16.2. The van der Waals surface area contributed by atoms with Gasteiger partial charge >= 0.3 is 0 Å². The van der Waals surface area contributed by atoms with Gasteiger partial charge < -0.3 is 14.0 Å². The molecule has 1 aromatic carbocycles. The van der Waals surface area contributed by atoms with E-state index in [4.69, 9.17) is 0 Å². The highest BCUT2D eigenvalue weighted by Gasteiger charge is 2.36. The average Bonchev–Trinajstić information content (AvgIpc) is 3.22. The minimum atomic E-state index is -0.0153. The van der Waals surface area contributed by atoms with E-state index in [0.29, 0.717) is 37.7 Å². The summed E-state index contributed by atoms with van der Waals surface area (Å²) < 4.78 is 3.88. The van der Waals surface area contributed by atoms with Gasteiger partial charge in [0.1, 0.15) is 5.52 Å². The zero-order chi connectivity index (χ0) is 21.7. The third kappa shape index (κ3) is 3.21. The summed E-state index contributed by atoms with van der Waals surface area (Å²) in [4.78, 5) is 36.6. The molecule has 2 atom stereocenters. The van der Waals surface area contributed by atoms with Crippen molar-refractivity contribution in [3.8, 4) is 0 Å². The van der Waals surface area contributed by atoms with E-state index in [9.17, 15) is 9.59 Å². The monoisotopic (exact) mass is 425 g/mol. The molecule has 0 saturated carbocycles. The number of piperidine rings is 1. The maximum atomic E-state index is 13.3. The van der Waals surface area contributed by atoms with Gasteiger partial charge in [0.2, 0.25) is 0 Å². The zero-order valence-electron chi connectivity index (χ0n) is 17.6. The van der Waals surface area contributed by atoms with Crippen molar-refractivity contribution in [1.82, 2.24) is 24.0 Å². The number of carbonyl (C=O) groups excluding carboxylic acids is 1. The predicted molar refractivity (Wildman–Crippen MR) is 121 cm³/mol. The van der Waals surface area contributed by atoms with E-state index in [0.717, 1.165) is 23.3 Å². The van der Waals surface area contributed by atoms with E-state index in [1.54, 1.807) is 18.6 Å². The summed E-state index contributed by atoms with van der Waals surface area (Å²) in [6.45, 7) is 2.65. The summed E-state index contributed by atoms with van der Waals surface area (Å²) in [5, 5.41) is 0. The number of hydrogen-bond acceptors (Lipinski definition) is 4. The number of amides is 1. The molecule has 1 saturated heterocycles. The lowest BCUT2D eigenvalue weighted by Crippen LogP contribution is -2.49. The molecule has 160 valence electrons. The third-order valence-corrected chi connectivity index (χ3v) is 6.67. The predicted octanol–water partition coefficient (Wildman–Crippen LogP) is 2.90. The molecule has 0 aliphatic carbocycles. The minimum absolute atomic E-state index is 0.0153. The van der Waals surface area contributed by atoms with Crippen molar-refractivity contribution in [2.45, 2.75) is 25.4 Å². The number of aromatic nitrogens is 4. The fraction of sp³-hybridized carbons (Fsp3) is 0.280. The number of carbonyl (C=O) groups is 1. The first-order valence-electron chi connectivity index (χ1n) is 11.0. The van der Waals surface area contributed by atoms with Gasteiger partial charge in [0.05, 0.1) is 18.4 Å². The molecule has 0 unspecified atom stereocenters. The first-order chi connectivity index (χ1) is 15.7. The van der Waals surface area contributed by atoms with Gasteiger partial charge in [0.25, 0.3) is 11.5 Å². The number of likely N-dealkylation sites (tertiary alicyclic amines) is 1. The highest BCUT2D eigenvalue weighted by molar-refractivity contribution is 5.96. The van der Waals surface area contributed by atoms with Gasteiger partial charge in [-0.3, -0.25) is 9.59 Å². The molecule has 7 nitrogen and oxygen atoms in total. The Balaban J connectivity index is 1.25. The van der Waals surface area contributed by atoms with Gasteiger partial charge in [-0.25, -0.2) is 9.97 Å². The fourth-order valence-electron chi connectivity index (χ4n) is 5.21.